The normalized spacial score (nSPS) is 15.4. The lowest BCUT2D eigenvalue weighted by Crippen LogP contribution is -2.45. The van der Waals surface area contributed by atoms with Crippen LogP contribution in [0.1, 0.15) is 34.7 Å². The molecule has 2 N–H and O–H groups in total. The van der Waals surface area contributed by atoms with Crippen molar-refractivity contribution in [3.8, 4) is 0 Å². The van der Waals surface area contributed by atoms with Crippen LogP contribution < -0.4 is 10.2 Å². The maximum atomic E-state index is 12.6. The zero-order valence-electron chi connectivity index (χ0n) is 15.1. The number of fused-ring (bicyclic) bond motifs is 1. The first-order valence-corrected chi connectivity index (χ1v) is 9.04. The van der Waals surface area contributed by atoms with Crippen LogP contribution in [0.15, 0.2) is 36.5 Å². The second kappa shape index (κ2) is 6.78. The summed E-state index contributed by atoms with van der Waals surface area (Å²) in [5.41, 5.74) is 2.68. The van der Waals surface area contributed by atoms with E-state index in [1.165, 1.54) is 0 Å². The van der Waals surface area contributed by atoms with Crippen molar-refractivity contribution in [1.82, 2.24) is 20.3 Å². The number of benzene rings is 1. The summed E-state index contributed by atoms with van der Waals surface area (Å²) in [6.45, 7) is 5.68. The molecule has 0 saturated carbocycles. The lowest BCUT2D eigenvalue weighted by Gasteiger charge is -2.33. The number of amides is 1. The summed E-state index contributed by atoms with van der Waals surface area (Å²) in [5.74, 6) is 1.78. The lowest BCUT2D eigenvalue weighted by molar-refractivity contribution is 0.0931. The summed E-state index contributed by atoms with van der Waals surface area (Å²) < 4.78 is 0. The predicted molar refractivity (Wildman–Crippen MR) is 103 cm³/mol. The minimum Gasteiger partial charge on any atom is -0.361 e. The molecule has 6 nitrogen and oxygen atoms in total. The van der Waals surface area contributed by atoms with Crippen molar-refractivity contribution in [1.29, 1.82) is 0 Å². The second-order valence-electron chi connectivity index (χ2n) is 6.93. The predicted octanol–water partition coefficient (Wildman–Crippen LogP) is 2.97. The fraction of sp³-hybridized carbons (Fsp3) is 0.350. The number of anilines is 1. The van der Waals surface area contributed by atoms with E-state index in [1.807, 2.05) is 50.4 Å². The van der Waals surface area contributed by atoms with Gasteiger partial charge in [0.1, 0.15) is 11.6 Å². The van der Waals surface area contributed by atoms with Crippen molar-refractivity contribution in [3.05, 3.63) is 53.6 Å². The maximum absolute atomic E-state index is 12.6. The number of carbonyl (C=O) groups excluding carboxylic acids is 1. The van der Waals surface area contributed by atoms with Crippen LogP contribution in [0.4, 0.5) is 5.82 Å². The van der Waals surface area contributed by atoms with Gasteiger partial charge in [-0.3, -0.25) is 4.79 Å². The summed E-state index contributed by atoms with van der Waals surface area (Å²) >= 11 is 0. The van der Waals surface area contributed by atoms with Gasteiger partial charge >= 0.3 is 0 Å². The van der Waals surface area contributed by atoms with E-state index in [9.17, 15) is 4.79 Å². The van der Waals surface area contributed by atoms with E-state index in [-0.39, 0.29) is 11.9 Å². The molecule has 4 rings (SSSR count). The van der Waals surface area contributed by atoms with Gasteiger partial charge in [-0.1, -0.05) is 6.07 Å². The summed E-state index contributed by atoms with van der Waals surface area (Å²) in [4.78, 5) is 26.9. The average molecular weight is 349 g/mol. The molecule has 26 heavy (non-hydrogen) atoms. The van der Waals surface area contributed by atoms with Crippen LogP contribution in [0.3, 0.4) is 0 Å². The molecular formula is C20H23N5O. The Balaban J connectivity index is 1.38. The summed E-state index contributed by atoms with van der Waals surface area (Å²) in [5, 5.41) is 4.29. The van der Waals surface area contributed by atoms with Crippen LogP contribution in [0.5, 0.6) is 0 Å². The molecule has 1 fully saturated rings. The molecule has 1 aliphatic rings. The lowest BCUT2D eigenvalue weighted by atomic mass is 10.0. The van der Waals surface area contributed by atoms with Gasteiger partial charge in [-0.15, -0.1) is 0 Å². The Labute approximate surface area is 152 Å². The Morgan fingerprint density at radius 3 is 2.73 bits per heavy atom. The molecule has 0 aliphatic carbocycles. The van der Waals surface area contributed by atoms with Crippen molar-refractivity contribution >= 4 is 22.6 Å². The molecule has 3 aromatic rings. The first kappa shape index (κ1) is 16.6. The van der Waals surface area contributed by atoms with Crippen molar-refractivity contribution < 1.29 is 4.79 Å². The molecule has 1 aliphatic heterocycles. The molecule has 3 heterocycles. The molecular weight excluding hydrogens is 326 g/mol. The number of H-pyrrole nitrogens is 1. The number of rotatable bonds is 3. The third kappa shape index (κ3) is 3.40. The first-order chi connectivity index (χ1) is 12.6. The molecule has 0 atom stereocenters. The van der Waals surface area contributed by atoms with E-state index < -0.39 is 0 Å². The standard InChI is InChI=1S/C20H23N5O/c1-13-11-19(23-14(2)22-13)25-9-6-17(7-10-25)24-20(26)16-4-3-15-5-8-21-18(15)12-16/h3-5,8,11-12,17,21H,6-7,9-10H2,1-2H3,(H,24,26). The van der Waals surface area contributed by atoms with Crippen molar-refractivity contribution in [2.75, 3.05) is 18.0 Å². The van der Waals surface area contributed by atoms with Crippen LogP contribution >= 0.6 is 0 Å². The van der Waals surface area contributed by atoms with Crippen LogP contribution in [0, 0.1) is 13.8 Å². The van der Waals surface area contributed by atoms with Gasteiger partial charge < -0.3 is 15.2 Å². The van der Waals surface area contributed by atoms with Gasteiger partial charge in [0.2, 0.25) is 0 Å². The zero-order valence-corrected chi connectivity index (χ0v) is 15.1. The topological polar surface area (TPSA) is 73.9 Å². The van der Waals surface area contributed by atoms with Gasteiger partial charge in [-0.05, 0) is 50.3 Å². The van der Waals surface area contributed by atoms with Gasteiger partial charge in [0.15, 0.2) is 0 Å². The van der Waals surface area contributed by atoms with Crippen molar-refractivity contribution in [2.45, 2.75) is 32.7 Å². The average Bonchev–Trinajstić information content (AvgIpc) is 3.09. The summed E-state index contributed by atoms with van der Waals surface area (Å²) in [6.07, 6.45) is 3.72. The highest BCUT2D eigenvalue weighted by Crippen LogP contribution is 2.20. The van der Waals surface area contributed by atoms with Gasteiger partial charge in [0.05, 0.1) is 0 Å². The highest BCUT2D eigenvalue weighted by molar-refractivity contribution is 5.98. The smallest absolute Gasteiger partial charge is 0.251 e. The number of hydrogen-bond donors (Lipinski definition) is 2. The molecule has 0 radical (unpaired) electrons. The van der Waals surface area contributed by atoms with E-state index in [2.05, 4.69) is 25.2 Å². The number of carbonyl (C=O) groups is 1. The van der Waals surface area contributed by atoms with Crippen LogP contribution in [-0.4, -0.2) is 40.0 Å². The van der Waals surface area contributed by atoms with Crippen molar-refractivity contribution in [2.24, 2.45) is 0 Å². The summed E-state index contributed by atoms with van der Waals surface area (Å²) in [7, 11) is 0. The van der Waals surface area contributed by atoms with E-state index in [0.29, 0.717) is 5.56 Å². The highest BCUT2D eigenvalue weighted by atomic mass is 16.1. The third-order valence-corrected chi connectivity index (χ3v) is 4.92. The fourth-order valence-electron chi connectivity index (χ4n) is 3.57. The molecule has 1 aromatic carbocycles. The summed E-state index contributed by atoms with van der Waals surface area (Å²) in [6, 6.07) is 9.99. The molecule has 1 amide bonds. The fourth-order valence-corrected chi connectivity index (χ4v) is 3.57. The highest BCUT2D eigenvalue weighted by Gasteiger charge is 2.22. The number of nitrogens with zero attached hydrogens (tertiary/aromatic N) is 3. The Bertz CT molecular complexity index is 920. The Morgan fingerprint density at radius 1 is 1.15 bits per heavy atom. The van der Waals surface area contributed by atoms with Crippen LogP contribution in [-0.2, 0) is 0 Å². The molecule has 0 unspecified atom stereocenters. The van der Waals surface area contributed by atoms with Crippen LogP contribution in [0.2, 0.25) is 0 Å². The Hall–Kier alpha value is -2.89. The second-order valence-corrected chi connectivity index (χ2v) is 6.93. The molecule has 0 bridgehead atoms. The molecule has 0 spiro atoms. The van der Waals surface area contributed by atoms with Gasteiger partial charge in [-0.25, -0.2) is 9.97 Å². The van der Waals surface area contributed by atoms with Gasteiger partial charge in [0, 0.05) is 48.2 Å². The Kier molecular flexibility index (Phi) is 4.32. The minimum absolute atomic E-state index is 0.00586. The van der Waals surface area contributed by atoms with Gasteiger partial charge in [0.25, 0.3) is 5.91 Å². The minimum atomic E-state index is -0.00586. The first-order valence-electron chi connectivity index (χ1n) is 9.04. The number of hydrogen-bond acceptors (Lipinski definition) is 4. The number of piperidine rings is 1. The SMILES string of the molecule is Cc1cc(N2CCC(NC(=O)c3ccc4cc[nH]c4c3)CC2)nc(C)n1. The van der Waals surface area contributed by atoms with E-state index in [1.54, 1.807) is 0 Å². The largest absolute Gasteiger partial charge is 0.361 e. The van der Waals surface area contributed by atoms with E-state index >= 15 is 0 Å². The number of nitrogens with one attached hydrogen (secondary N) is 2. The number of aromatic amines is 1. The number of aryl methyl sites for hydroxylation is 2. The maximum Gasteiger partial charge on any atom is 0.251 e. The van der Waals surface area contributed by atoms with Gasteiger partial charge in [-0.2, -0.15) is 0 Å². The quantitative estimate of drug-likeness (QED) is 0.762. The van der Waals surface area contributed by atoms with E-state index in [4.69, 9.17) is 0 Å². The van der Waals surface area contributed by atoms with E-state index in [0.717, 1.165) is 54.2 Å². The Morgan fingerprint density at radius 2 is 1.96 bits per heavy atom. The molecule has 2 aromatic heterocycles. The monoisotopic (exact) mass is 349 g/mol. The van der Waals surface area contributed by atoms with Crippen LogP contribution in [0.25, 0.3) is 10.9 Å². The molecule has 134 valence electrons. The van der Waals surface area contributed by atoms with Crippen molar-refractivity contribution in [3.63, 3.8) is 0 Å². The third-order valence-electron chi connectivity index (χ3n) is 4.92. The molecule has 6 heteroatoms. The zero-order chi connectivity index (χ0) is 18.1. The number of aromatic nitrogens is 3. The molecule has 1 saturated heterocycles.